The van der Waals surface area contributed by atoms with E-state index >= 15 is 0 Å². The summed E-state index contributed by atoms with van der Waals surface area (Å²) in [6.07, 6.45) is 0.718. The molecule has 0 saturated heterocycles. The summed E-state index contributed by atoms with van der Waals surface area (Å²) in [4.78, 5) is 14.1. The molecule has 0 radical (unpaired) electrons. The third-order valence-electron chi connectivity index (χ3n) is 4.65. The summed E-state index contributed by atoms with van der Waals surface area (Å²) in [5, 5.41) is 0. The number of amides is 1. The van der Waals surface area contributed by atoms with E-state index in [2.05, 4.69) is 0 Å². The van der Waals surface area contributed by atoms with Gasteiger partial charge in [-0.3, -0.25) is 4.79 Å². The lowest BCUT2D eigenvalue weighted by Gasteiger charge is -2.26. The highest BCUT2D eigenvalue weighted by Crippen LogP contribution is 2.32. The number of methoxy groups -OCH3 is 1. The lowest BCUT2D eigenvalue weighted by atomic mass is 10.1. The second-order valence-corrected chi connectivity index (χ2v) is 8.52. The van der Waals surface area contributed by atoms with Crippen LogP contribution in [0.4, 0.5) is 10.1 Å². The number of carbonyl (C=O) groups excluding carboxylic acids is 1. The number of fused-ring (bicyclic) bond motifs is 1. The van der Waals surface area contributed by atoms with E-state index < -0.39 is 15.8 Å². The third kappa shape index (κ3) is 3.54. The van der Waals surface area contributed by atoms with Crippen LogP contribution >= 0.6 is 0 Å². The van der Waals surface area contributed by atoms with Crippen LogP contribution in [0.1, 0.15) is 12.5 Å². The first kappa shape index (κ1) is 19.3. The molecule has 2 aromatic rings. The van der Waals surface area contributed by atoms with Gasteiger partial charge < -0.3 is 9.64 Å². The Hall–Kier alpha value is -2.45. The number of halogens is 1. The number of sulfonamides is 1. The van der Waals surface area contributed by atoms with Crippen molar-refractivity contribution < 1.29 is 22.3 Å². The van der Waals surface area contributed by atoms with E-state index in [9.17, 15) is 17.6 Å². The summed E-state index contributed by atoms with van der Waals surface area (Å²) in [7, 11) is -1.50. The molecule has 0 spiro atoms. The Labute approximate surface area is 158 Å². The van der Waals surface area contributed by atoms with Gasteiger partial charge in [0.05, 0.1) is 13.7 Å². The number of hydrogen-bond donors (Lipinski definition) is 0. The quantitative estimate of drug-likeness (QED) is 0.784. The zero-order valence-electron chi connectivity index (χ0n) is 15.3. The van der Waals surface area contributed by atoms with Crippen molar-refractivity contribution in [3.8, 4) is 5.75 Å². The van der Waals surface area contributed by atoms with Gasteiger partial charge in [0.2, 0.25) is 15.9 Å². The number of ether oxygens (including phenoxy) is 1. The Morgan fingerprint density at radius 1 is 1.30 bits per heavy atom. The zero-order valence-corrected chi connectivity index (χ0v) is 16.2. The molecule has 1 heterocycles. The third-order valence-corrected chi connectivity index (χ3v) is 6.47. The van der Waals surface area contributed by atoms with Gasteiger partial charge in [0, 0.05) is 18.8 Å². The summed E-state index contributed by atoms with van der Waals surface area (Å²) in [6, 6.07) is 10.8. The first-order chi connectivity index (χ1) is 12.8. The van der Waals surface area contributed by atoms with E-state index in [-0.39, 0.29) is 29.1 Å². The lowest BCUT2D eigenvalue weighted by Crippen LogP contribution is -2.43. The maximum Gasteiger partial charge on any atom is 0.247 e. The highest BCUT2D eigenvalue weighted by molar-refractivity contribution is 7.89. The van der Waals surface area contributed by atoms with Crippen LogP contribution in [0.25, 0.3) is 0 Å². The molecule has 6 nitrogen and oxygen atoms in total. The van der Waals surface area contributed by atoms with Crippen molar-refractivity contribution >= 4 is 21.6 Å². The van der Waals surface area contributed by atoms with Crippen LogP contribution in [0, 0.1) is 5.82 Å². The predicted octanol–water partition coefficient (Wildman–Crippen LogP) is 2.43. The highest BCUT2D eigenvalue weighted by Gasteiger charge is 2.34. The molecule has 2 aromatic carbocycles. The number of benzene rings is 2. The minimum absolute atomic E-state index is 0.0237. The Kier molecular flexibility index (Phi) is 5.21. The van der Waals surface area contributed by atoms with E-state index in [0.717, 1.165) is 34.1 Å². The predicted molar refractivity (Wildman–Crippen MR) is 99.9 cm³/mol. The average molecular weight is 392 g/mol. The van der Waals surface area contributed by atoms with Crippen LogP contribution in [0.2, 0.25) is 0 Å². The molecule has 1 aliphatic heterocycles. The van der Waals surface area contributed by atoms with Gasteiger partial charge in [-0.25, -0.2) is 12.8 Å². The molecule has 0 N–H and O–H groups in total. The van der Waals surface area contributed by atoms with Gasteiger partial charge >= 0.3 is 0 Å². The number of likely N-dealkylation sites (N-methyl/N-ethyl adjacent to an activating group) is 1. The van der Waals surface area contributed by atoms with Crippen LogP contribution in [-0.4, -0.2) is 45.4 Å². The van der Waals surface area contributed by atoms with Gasteiger partial charge in [0.1, 0.15) is 16.5 Å². The molecular formula is C19H21FN2O4S. The SMILES string of the molecule is COc1ccc(F)cc1S(=O)(=O)N(C)CC(=O)N1c2ccccc2C[C@H]1C. The smallest absolute Gasteiger partial charge is 0.247 e. The average Bonchev–Trinajstić information content (AvgIpc) is 2.97. The molecule has 0 aliphatic carbocycles. The molecule has 0 saturated carbocycles. The number of rotatable bonds is 5. The molecular weight excluding hydrogens is 371 g/mol. The monoisotopic (exact) mass is 392 g/mol. The van der Waals surface area contributed by atoms with Gasteiger partial charge in [-0.1, -0.05) is 18.2 Å². The molecule has 27 heavy (non-hydrogen) atoms. The van der Waals surface area contributed by atoms with Crippen molar-refractivity contribution in [2.24, 2.45) is 0 Å². The highest BCUT2D eigenvalue weighted by atomic mass is 32.2. The van der Waals surface area contributed by atoms with Crippen molar-refractivity contribution in [2.75, 3.05) is 25.6 Å². The van der Waals surface area contributed by atoms with Gasteiger partial charge in [-0.05, 0) is 43.2 Å². The van der Waals surface area contributed by atoms with Crippen molar-refractivity contribution in [1.29, 1.82) is 0 Å². The molecule has 0 unspecified atom stereocenters. The number of carbonyl (C=O) groups is 1. The number of nitrogens with zero attached hydrogens (tertiary/aromatic N) is 2. The van der Waals surface area contributed by atoms with E-state index in [0.29, 0.717) is 0 Å². The van der Waals surface area contributed by atoms with Gasteiger partial charge in [0.25, 0.3) is 0 Å². The zero-order chi connectivity index (χ0) is 19.8. The van der Waals surface area contributed by atoms with Crippen LogP contribution in [0.15, 0.2) is 47.4 Å². The normalized spacial score (nSPS) is 16.5. The van der Waals surface area contributed by atoms with E-state index in [1.165, 1.54) is 20.2 Å². The topological polar surface area (TPSA) is 66.9 Å². The largest absolute Gasteiger partial charge is 0.495 e. The molecule has 1 amide bonds. The Bertz CT molecular complexity index is 977. The van der Waals surface area contributed by atoms with Crippen molar-refractivity contribution in [1.82, 2.24) is 4.31 Å². The summed E-state index contributed by atoms with van der Waals surface area (Å²) in [5.41, 5.74) is 1.85. The van der Waals surface area contributed by atoms with Gasteiger partial charge in [0.15, 0.2) is 0 Å². The minimum atomic E-state index is -4.10. The van der Waals surface area contributed by atoms with Crippen LogP contribution in [0.5, 0.6) is 5.75 Å². The first-order valence-electron chi connectivity index (χ1n) is 8.45. The minimum Gasteiger partial charge on any atom is -0.495 e. The molecule has 8 heteroatoms. The van der Waals surface area contributed by atoms with E-state index in [1.54, 1.807) is 4.90 Å². The van der Waals surface area contributed by atoms with Gasteiger partial charge in [-0.2, -0.15) is 4.31 Å². The fourth-order valence-electron chi connectivity index (χ4n) is 3.32. The fourth-order valence-corrected chi connectivity index (χ4v) is 4.60. The molecule has 3 rings (SSSR count). The number of anilines is 1. The molecule has 0 bridgehead atoms. The summed E-state index contributed by atoms with van der Waals surface area (Å²) < 4.78 is 45.2. The molecule has 0 aromatic heterocycles. The Morgan fingerprint density at radius 2 is 2.00 bits per heavy atom. The summed E-state index contributed by atoms with van der Waals surface area (Å²) >= 11 is 0. The van der Waals surface area contributed by atoms with Crippen molar-refractivity contribution in [2.45, 2.75) is 24.3 Å². The van der Waals surface area contributed by atoms with Crippen molar-refractivity contribution in [3.63, 3.8) is 0 Å². The second-order valence-electron chi connectivity index (χ2n) is 6.50. The van der Waals surface area contributed by atoms with Crippen LogP contribution in [0.3, 0.4) is 0 Å². The van der Waals surface area contributed by atoms with E-state index in [4.69, 9.17) is 4.74 Å². The fraction of sp³-hybridized carbons (Fsp3) is 0.316. The second kappa shape index (κ2) is 7.28. The van der Waals surface area contributed by atoms with Crippen LogP contribution in [-0.2, 0) is 21.2 Å². The number of hydrogen-bond acceptors (Lipinski definition) is 4. The maximum absolute atomic E-state index is 13.6. The molecule has 1 aliphatic rings. The Morgan fingerprint density at radius 3 is 2.70 bits per heavy atom. The summed E-state index contributed by atoms with van der Waals surface area (Å²) in [6.45, 7) is 1.56. The lowest BCUT2D eigenvalue weighted by molar-refractivity contribution is -0.118. The van der Waals surface area contributed by atoms with Gasteiger partial charge in [-0.15, -0.1) is 0 Å². The molecule has 0 fully saturated rings. The van der Waals surface area contributed by atoms with E-state index in [1.807, 2.05) is 31.2 Å². The number of para-hydroxylation sites is 1. The van der Waals surface area contributed by atoms with Crippen LogP contribution < -0.4 is 9.64 Å². The maximum atomic E-state index is 13.6. The first-order valence-corrected chi connectivity index (χ1v) is 9.89. The molecule has 144 valence electrons. The molecule has 1 atom stereocenters. The summed E-state index contributed by atoms with van der Waals surface area (Å²) in [5.74, 6) is -1.01. The van der Waals surface area contributed by atoms with Crippen molar-refractivity contribution in [3.05, 3.63) is 53.8 Å². The Balaban J connectivity index is 1.86. The standard InChI is InChI=1S/C19H21FN2O4S/c1-13-10-14-6-4-5-7-16(14)22(13)19(23)12-21(2)27(24,25)18-11-15(20)8-9-17(18)26-3/h4-9,11,13H,10,12H2,1-3H3/t13-/m1/s1.